The molecule has 3 rings (SSSR count). The van der Waals surface area contributed by atoms with Crippen molar-refractivity contribution in [2.75, 3.05) is 7.11 Å². The van der Waals surface area contributed by atoms with Gasteiger partial charge in [-0.05, 0) is 31.5 Å². The van der Waals surface area contributed by atoms with Crippen molar-refractivity contribution in [3.63, 3.8) is 0 Å². The number of methoxy groups -OCH3 is 1. The van der Waals surface area contributed by atoms with Crippen LogP contribution < -0.4 is 4.74 Å². The van der Waals surface area contributed by atoms with E-state index >= 15 is 0 Å². The van der Waals surface area contributed by atoms with Crippen molar-refractivity contribution in [2.24, 2.45) is 11.1 Å². The number of hydrogen-bond donors (Lipinski definition) is 0. The molecule has 0 saturated heterocycles. The molecule has 1 spiro atoms. The number of Topliss-reactive ketones (excluding diaryl/α,β-unsaturated/α-hetero) is 2. The molecule has 0 N–H and O–H groups in total. The van der Waals surface area contributed by atoms with Crippen LogP contribution in [-0.2, 0) is 14.4 Å². The Kier molecular flexibility index (Phi) is 4.52. The lowest BCUT2D eigenvalue weighted by Crippen LogP contribution is -2.55. The van der Waals surface area contributed by atoms with E-state index in [1.54, 1.807) is 31.4 Å². The van der Waals surface area contributed by atoms with E-state index in [0.717, 1.165) is 5.56 Å². The highest BCUT2D eigenvalue weighted by Gasteiger charge is 2.62. The van der Waals surface area contributed by atoms with E-state index in [0.29, 0.717) is 5.75 Å². The average Bonchev–Trinajstić information content (AvgIpc) is 2.89. The van der Waals surface area contributed by atoms with Gasteiger partial charge in [0.15, 0.2) is 0 Å². The van der Waals surface area contributed by atoms with Gasteiger partial charge in [0, 0.05) is 17.3 Å². The van der Waals surface area contributed by atoms with Gasteiger partial charge in [-0.15, -0.1) is 0 Å². The summed E-state index contributed by atoms with van der Waals surface area (Å²) in [4.78, 5) is 41.5. The van der Waals surface area contributed by atoms with Crippen LogP contribution in [-0.4, -0.2) is 41.0 Å². The third kappa shape index (κ3) is 2.85. The largest absolute Gasteiger partial charge is 0.497 e. The van der Waals surface area contributed by atoms with Gasteiger partial charge in [-0.3, -0.25) is 19.7 Å². The molecule has 8 nitrogen and oxygen atoms in total. The minimum absolute atomic E-state index is 0.168. The summed E-state index contributed by atoms with van der Waals surface area (Å²) < 4.78 is 5.14. The first-order valence-corrected chi connectivity index (χ1v) is 8.32. The molecular weight excluding hydrogens is 340 g/mol. The molecule has 1 aromatic rings. The van der Waals surface area contributed by atoms with Gasteiger partial charge < -0.3 is 9.57 Å². The van der Waals surface area contributed by atoms with Gasteiger partial charge in [0.2, 0.25) is 5.60 Å². The molecule has 1 saturated carbocycles. The van der Waals surface area contributed by atoms with Crippen LogP contribution in [0.1, 0.15) is 38.2 Å². The molecule has 1 heterocycles. The fourth-order valence-electron chi connectivity index (χ4n) is 4.13. The lowest BCUT2D eigenvalue weighted by Gasteiger charge is -2.39. The van der Waals surface area contributed by atoms with Crippen molar-refractivity contribution in [1.29, 1.82) is 0 Å². The Morgan fingerprint density at radius 1 is 1.38 bits per heavy atom. The van der Waals surface area contributed by atoms with Gasteiger partial charge in [-0.1, -0.05) is 17.3 Å². The Hall–Kier alpha value is -2.77. The predicted molar refractivity (Wildman–Crippen MR) is 91.9 cm³/mol. The smallest absolute Gasteiger partial charge is 0.295 e. The van der Waals surface area contributed by atoms with Crippen LogP contribution in [0.3, 0.4) is 0 Å². The Morgan fingerprint density at radius 2 is 2.04 bits per heavy atom. The molecule has 0 radical (unpaired) electrons. The topological polar surface area (TPSA) is 108 Å². The molecule has 8 heteroatoms. The maximum atomic E-state index is 12.8. The summed E-state index contributed by atoms with van der Waals surface area (Å²) in [6.45, 7) is 2.89. The molecule has 0 bridgehead atoms. The lowest BCUT2D eigenvalue weighted by atomic mass is 9.64. The van der Waals surface area contributed by atoms with Crippen LogP contribution in [0.15, 0.2) is 29.4 Å². The van der Waals surface area contributed by atoms with E-state index in [1.165, 1.54) is 13.8 Å². The van der Waals surface area contributed by atoms with Crippen molar-refractivity contribution in [3.8, 4) is 5.75 Å². The van der Waals surface area contributed by atoms with Gasteiger partial charge in [0.05, 0.1) is 19.4 Å². The zero-order chi connectivity index (χ0) is 19.1. The molecule has 0 unspecified atom stereocenters. The Labute approximate surface area is 150 Å². The van der Waals surface area contributed by atoms with Crippen LogP contribution in [0.2, 0.25) is 0 Å². The summed E-state index contributed by atoms with van der Waals surface area (Å²) in [5.74, 6) is -1.31. The summed E-state index contributed by atoms with van der Waals surface area (Å²) in [5, 5.41) is 15.4. The van der Waals surface area contributed by atoms with Gasteiger partial charge >= 0.3 is 0 Å². The maximum Gasteiger partial charge on any atom is 0.295 e. The Morgan fingerprint density at radius 3 is 2.58 bits per heavy atom. The van der Waals surface area contributed by atoms with Crippen LogP contribution in [0.4, 0.5) is 0 Å². The minimum atomic E-state index is -1.35. The number of ether oxygens (including phenoxy) is 1. The molecule has 0 aromatic heterocycles. The highest BCUT2D eigenvalue weighted by atomic mass is 16.7. The van der Waals surface area contributed by atoms with Crippen molar-refractivity contribution < 1.29 is 24.1 Å². The van der Waals surface area contributed by atoms with Crippen LogP contribution in [0, 0.1) is 16.0 Å². The van der Waals surface area contributed by atoms with E-state index in [2.05, 4.69) is 5.16 Å². The monoisotopic (exact) mass is 360 g/mol. The first-order chi connectivity index (χ1) is 12.3. The molecular formula is C18H20N2O6. The molecule has 1 fully saturated rings. The number of nitrogens with zero attached hydrogens (tertiary/aromatic N) is 2. The minimum Gasteiger partial charge on any atom is -0.497 e. The lowest BCUT2D eigenvalue weighted by molar-refractivity contribution is -0.523. The normalized spacial score (nSPS) is 30.7. The quantitative estimate of drug-likeness (QED) is 0.462. The maximum absolute atomic E-state index is 12.8. The van der Waals surface area contributed by atoms with Gasteiger partial charge in [0.1, 0.15) is 23.0 Å². The second-order valence-electron chi connectivity index (χ2n) is 6.89. The Balaban J connectivity index is 2.02. The zero-order valence-electron chi connectivity index (χ0n) is 14.8. The standard InChI is InChI=1S/C18H20N2O6/c1-10-17(20(23)24)18(26-19-10)8-14(16(11(2)21)15(22)9-18)12-4-6-13(25-3)7-5-12/h4-7,14,16-17H,8-9H2,1-3H3/t14-,16+,17+,18-/m1/s1. The molecule has 4 atom stereocenters. The number of hydrogen-bond acceptors (Lipinski definition) is 7. The van der Waals surface area contributed by atoms with Crippen LogP contribution in [0.5, 0.6) is 5.75 Å². The van der Waals surface area contributed by atoms with Gasteiger partial charge in [-0.25, -0.2) is 0 Å². The highest BCUT2D eigenvalue weighted by molar-refractivity contribution is 6.04. The molecule has 138 valence electrons. The summed E-state index contributed by atoms with van der Waals surface area (Å²) >= 11 is 0. The second kappa shape index (κ2) is 6.51. The summed E-state index contributed by atoms with van der Waals surface area (Å²) in [6, 6.07) is 5.83. The van der Waals surface area contributed by atoms with Crippen molar-refractivity contribution in [3.05, 3.63) is 39.9 Å². The van der Waals surface area contributed by atoms with Crippen molar-refractivity contribution >= 4 is 17.3 Å². The Bertz CT molecular complexity index is 787. The number of ketones is 2. The predicted octanol–water partition coefficient (Wildman–Crippen LogP) is 2.14. The van der Waals surface area contributed by atoms with Crippen LogP contribution in [0.25, 0.3) is 0 Å². The summed E-state index contributed by atoms with van der Waals surface area (Å²) in [5.41, 5.74) is -0.368. The zero-order valence-corrected chi connectivity index (χ0v) is 14.8. The molecule has 26 heavy (non-hydrogen) atoms. The fraction of sp³-hybridized carbons (Fsp3) is 0.500. The number of carbonyl (C=O) groups is 2. The molecule has 1 aliphatic heterocycles. The highest BCUT2D eigenvalue weighted by Crippen LogP contribution is 2.47. The van der Waals surface area contributed by atoms with E-state index < -0.39 is 28.4 Å². The number of carbonyl (C=O) groups excluding carboxylic acids is 2. The van der Waals surface area contributed by atoms with Crippen molar-refractivity contribution in [2.45, 2.75) is 44.2 Å². The third-order valence-corrected chi connectivity index (χ3v) is 5.25. The number of oxime groups is 1. The van der Waals surface area contributed by atoms with Crippen LogP contribution >= 0.6 is 0 Å². The number of nitro groups is 1. The SMILES string of the molecule is COc1ccc([C@H]2C[C@]3(CC(=O)[C@H]2C(C)=O)ON=C(C)[C@@H]3[N+](=O)[O-])cc1. The van der Waals surface area contributed by atoms with E-state index in [9.17, 15) is 19.7 Å². The number of rotatable bonds is 4. The van der Waals surface area contributed by atoms with E-state index in [4.69, 9.17) is 9.57 Å². The summed E-state index contributed by atoms with van der Waals surface area (Å²) in [7, 11) is 1.54. The van der Waals surface area contributed by atoms with Crippen molar-refractivity contribution in [1.82, 2.24) is 0 Å². The average molecular weight is 360 g/mol. The third-order valence-electron chi connectivity index (χ3n) is 5.25. The molecule has 1 aliphatic carbocycles. The second-order valence-corrected chi connectivity index (χ2v) is 6.89. The van der Waals surface area contributed by atoms with E-state index in [-0.39, 0.29) is 30.1 Å². The number of benzene rings is 1. The molecule has 2 aliphatic rings. The van der Waals surface area contributed by atoms with Gasteiger partial charge in [0.25, 0.3) is 6.04 Å². The fourth-order valence-corrected chi connectivity index (χ4v) is 4.13. The first kappa shape index (κ1) is 18.0. The molecule has 1 aromatic carbocycles. The summed E-state index contributed by atoms with van der Waals surface area (Å²) in [6.07, 6.45) is -0.0296. The van der Waals surface area contributed by atoms with Gasteiger partial charge in [-0.2, -0.15) is 0 Å². The first-order valence-electron chi connectivity index (χ1n) is 8.32. The molecule has 0 amide bonds. The van der Waals surface area contributed by atoms with E-state index in [1.807, 2.05) is 0 Å².